The van der Waals surface area contributed by atoms with Crippen LogP contribution in [0.2, 0.25) is 0 Å². The zero-order chi connectivity index (χ0) is 26.7. The molecule has 3 heterocycles. The molecule has 1 aromatic carbocycles. The third kappa shape index (κ3) is 6.40. The highest BCUT2D eigenvalue weighted by atomic mass is 16.2. The molecule has 2 saturated heterocycles. The Morgan fingerprint density at radius 1 is 1.11 bits per heavy atom. The molecule has 0 saturated carbocycles. The average molecular weight is 510 g/mol. The van der Waals surface area contributed by atoms with Crippen molar-refractivity contribution in [1.29, 1.82) is 0 Å². The number of amides is 1. The van der Waals surface area contributed by atoms with E-state index in [0.717, 1.165) is 38.2 Å². The van der Waals surface area contributed by atoms with Crippen LogP contribution in [0.25, 0.3) is 5.69 Å². The van der Waals surface area contributed by atoms with Gasteiger partial charge in [0, 0.05) is 58.1 Å². The number of likely N-dealkylation sites (tertiary alicyclic amines) is 1. The van der Waals surface area contributed by atoms with Gasteiger partial charge in [0.1, 0.15) is 5.82 Å². The fourth-order valence-electron chi connectivity index (χ4n) is 5.56. The van der Waals surface area contributed by atoms with Gasteiger partial charge in [-0.15, -0.1) is 0 Å². The van der Waals surface area contributed by atoms with Crippen molar-refractivity contribution >= 4 is 11.7 Å². The molecular formula is C28H43N7O2. The van der Waals surface area contributed by atoms with E-state index in [1.54, 1.807) is 29.5 Å². The maximum atomic E-state index is 12.8. The molecular weight excluding hydrogens is 466 g/mol. The predicted molar refractivity (Wildman–Crippen MR) is 148 cm³/mol. The minimum absolute atomic E-state index is 0.0566. The van der Waals surface area contributed by atoms with E-state index >= 15 is 0 Å². The second-order valence-corrected chi connectivity index (χ2v) is 11.3. The van der Waals surface area contributed by atoms with Crippen LogP contribution >= 0.6 is 0 Å². The highest BCUT2D eigenvalue weighted by Crippen LogP contribution is 2.26. The molecule has 2 aliphatic rings. The van der Waals surface area contributed by atoms with Crippen LogP contribution in [0.15, 0.2) is 41.3 Å². The molecule has 1 amide bonds. The molecule has 2 unspecified atom stereocenters. The summed E-state index contributed by atoms with van der Waals surface area (Å²) in [6.45, 7) is 13.5. The fourth-order valence-corrected chi connectivity index (χ4v) is 5.56. The lowest BCUT2D eigenvalue weighted by atomic mass is 9.89. The van der Waals surface area contributed by atoms with Gasteiger partial charge in [-0.05, 0) is 62.3 Å². The zero-order valence-electron chi connectivity index (χ0n) is 22.8. The second kappa shape index (κ2) is 11.3. The van der Waals surface area contributed by atoms with E-state index < -0.39 is 5.54 Å². The molecule has 2 aliphatic heterocycles. The number of carbonyl (C=O) groups is 1. The van der Waals surface area contributed by atoms with Crippen molar-refractivity contribution < 1.29 is 4.79 Å². The molecule has 4 N–H and O–H groups in total. The van der Waals surface area contributed by atoms with Crippen LogP contribution < -0.4 is 22.1 Å². The van der Waals surface area contributed by atoms with Crippen LogP contribution in [-0.4, -0.2) is 82.7 Å². The predicted octanol–water partition coefficient (Wildman–Crippen LogP) is 1.47. The van der Waals surface area contributed by atoms with E-state index in [-0.39, 0.29) is 17.6 Å². The fraction of sp³-hybridized carbons (Fsp3) is 0.607. The Bertz CT molecular complexity index is 1120. The number of piperazine rings is 1. The van der Waals surface area contributed by atoms with Crippen molar-refractivity contribution in [3.63, 3.8) is 0 Å². The van der Waals surface area contributed by atoms with Crippen LogP contribution in [0, 0.1) is 11.8 Å². The molecule has 0 bridgehead atoms. The van der Waals surface area contributed by atoms with Gasteiger partial charge in [0.15, 0.2) is 0 Å². The quantitative estimate of drug-likeness (QED) is 0.554. The monoisotopic (exact) mass is 509 g/mol. The Kier molecular flexibility index (Phi) is 8.36. The highest BCUT2D eigenvalue weighted by molar-refractivity contribution is 5.85. The molecule has 4 rings (SSSR count). The third-order valence-corrected chi connectivity index (χ3v) is 7.93. The summed E-state index contributed by atoms with van der Waals surface area (Å²) in [7, 11) is 0. The van der Waals surface area contributed by atoms with Crippen LogP contribution in [0.5, 0.6) is 0 Å². The van der Waals surface area contributed by atoms with Crippen molar-refractivity contribution in [2.75, 3.05) is 50.7 Å². The normalized spacial score (nSPS) is 21.9. The smallest absolute Gasteiger partial charge is 0.353 e. The van der Waals surface area contributed by atoms with Gasteiger partial charge < -0.3 is 26.2 Å². The number of nitrogens with two attached hydrogens (primary N) is 2. The standard InChI is InChI=1S/C28H43N7O2/c1-5-24(29)23-19-32(18-20(23)2)12-10-21-6-8-22(9-7-21)35-13-11-25(31-27(35)37)33-14-16-34(17-15-33)26(36)28(3,4)30/h6-9,11,13,20,23-24H,5,10,12,14-19,29-30H2,1-4H3/t20?,23-,24?/m1/s1. The number of nitrogens with zero attached hydrogens (tertiary/aromatic N) is 5. The molecule has 0 spiro atoms. The van der Waals surface area contributed by atoms with Crippen LogP contribution in [0.3, 0.4) is 0 Å². The Labute approximate surface area is 220 Å². The molecule has 37 heavy (non-hydrogen) atoms. The summed E-state index contributed by atoms with van der Waals surface area (Å²) in [6, 6.07) is 10.3. The first-order valence-corrected chi connectivity index (χ1v) is 13.6. The minimum Gasteiger partial charge on any atom is -0.353 e. The van der Waals surface area contributed by atoms with E-state index in [9.17, 15) is 9.59 Å². The van der Waals surface area contributed by atoms with Gasteiger partial charge in [-0.3, -0.25) is 9.36 Å². The van der Waals surface area contributed by atoms with Crippen molar-refractivity contribution in [3.8, 4) is 5.69 Å². The number of carbonyl (C=O) groups excluding carboxylic acids is 1. The maximum absolute atomic E-state index is 12.8. The van der Waals surface area contributed by atoms with Gasteiger partial charge in [0.2, 0.25) is 5.91 Å². The number of hydrogen-bond donors (Lipinski definition) is 2. The van der Waals surface area contributed by atoms with Crippen molar-refractivity contribution in [3.05, 3.63) is 52.6 Å². The average Bonchev–Trinajstić information content (AvgIpc) is 3.26. The molecule has 0 radical (unpaired) electrons. The Morgan fingerprint density at radius 2 is 1.78 bits per heavy atom. The van der Waals surface area contributed by atoms with Crippen LogP contribution in [0.4, 0.5) is 5.82 Å². The van der Waals surface area contributed by atoms with Crippen LogP contribution in [-0.2, 0) is 11.2 Å². The van der Waals surface area contributed by atoms with E-state index in [0.29, 0.717) is 43.8 Å². The lowest BCUT2D eigenvalue weighted by molar-refractivity contribution is -0.136. The van der Waals surface area contributed by atoms with Crippen molar-refractivity contribution in [2.24, 2.45) is 23.3 Å². The third-order valence-electron chi connectivity index (χ3n) is 7.93. The SMILES string of the molecule is CCC(N)[C@@H]1CN(CCc2ccc(-n3ccc(N4CCN(C(=O)C(C)(C)N)CC4)nc3=O)cc2)CC1C. The number of aromatic nitrogens is 2. The highest BCUT2D eigenvalue weighted by Gasteiger charge is 2.33. The Hall–Kier alpha value is -2.75. The number of hydrogen-bond acceptors (Lipinski definition) is 7. The van der Waals surface area contributed by atoms with Gasteiger partial charge in [-0.25, -0.2) is 4.79 Å². The summed E-state index contributed by atoms with van der Waals surface area (Å²) >= 11 is 0. The topological polar surface area (TPSA) is 114 Å². The van der Waals surface area contributed by atoms with Crippen molar-refractivity contribution in [2.45, 2.75) is 52.1 Å². The Balaban J connectivity index is 1.33. The van der Waals surface area contributed by atoms with Crippen LogP contribution in [0.1, 0.15) is 39.7 Å². The van der Waals surface area contributed by atoms with Gasteiger partial charge in [0.05, 0.1) is 11.2 Å². The largest absolute Gasteiger partial charge is 0.354 e. The van der Waals surface area contributed by atoms with E-state index in [1.807, 2.05) is 23.1 Å². The van der Waals surface area contributed by atoms with Gasteiger partial charge in [-0.1, -0.05) is 26.0 Å². The minimum atomic E-state index is -0.880. The second-order valence-electron chi connectivity index (χ2n) is 11.3. The number of rotatable bonds is 8. The molecule has 202 valence electrons. The lowest BCUT2D eigenvalue weighted by Crippen LogP contribution is -2.57. The Morgan fingerprint density at radius 3 is 2.38 bits per heavy atom. The number of anilines is 1. The van der Waals surface area contributed by atoms with E-state index in [1.165, 1.54) is 5.56 Å². The summed E-state index contributed by atoms with van der Waals surface area (Å²) in [5.41, 5.74) is 13.2. The van der Waals surface area contributed by atoms with E-state index in [2.05, 4.69) is 35.9 Å². The molecule has 9 heteroatoms. The first kappa shape index (κ1) is 27.3. The zero-order valence-corrected chi connectivity index (χ0v) is 22.8. The summed E-state index contributed by atoms with van der Waals surface area (Å²) < 4.78 is 1.57. The maximum Gasteiger partial charge on any atom is 0.354 e. The molecule has 1 aromatic heterocycles. The first-order valence-electron chi connectivity index (χ1n) is 13.6. The van der Waals surface area contributed by atoms with Gasteiger partial charge in [-0.2, -0.15) is 4.98 Å². The summed E-state index contributed by atoms with van der Waals surface area (Å²) in [4.78, 5) is 35.9. The number of benzene rings is 1. The van der Waals surface area contributed by atoms with Gasteiger partial charge in [0.25, 0.3) is 0 Å². The molecule has 3 atom stereocenters. The summed E-state index contributed by atoms with van der Waals surface area (Å²) in [6.07, 6.45) is 3.79. The van der Waals surface area contributed by atoms with Crippen molar-refractivity contribution in [1.82, 2.24) is 19.4 Å². The molecule has 2 aromatic rings. The lowest BCUT2D eigenvalue weighted by Gasteiger charge is -2.37. The van der Waals surface area contributed by atoms with Gasteiger partial charge >= 0.3 is 5.69 Å². The van der Waals surface area contributed by atoms with E-state index in [4.69, 9.17) is 11.5 Å². The summed E-state index contributed by atoms with van der Waals surface area (Å²) in [5, 5.41) is 0. The molecule has 9 nitrogen and oxygen atoms in total. The summed E-state index contributed by atoms with van der Waals surface area (Å²) in [5.74, 6) is 1.81. The first-order chi connectivity index (χ1) is 17.6. The molecule has 2 fully saturated rings. The molecule has 0 aliphatic carbocycles.